The Morgan fingerprint density at radius 2 is 2.25 bits per heavy atom. The molecule has 1 unspecified atom stereocenters. The van der Waals surface area contributed by atoms with Gasteiger partial charge in [0.25, 0.3) is 0 Å². The third-order valence-electron chi connectivity index (χ3n) is 3.76. The lowest BCUT2D eigenvalue weighted by atomic mass is 10.1. The van der Waals surface area contributed by atoms with Crippen molar-refractivity contribution in [1.29, 1.82) is 0 Å². The average molecular weight is 345 g/mol. The molecular weight excluding hydrogens is 320 g/mol. The summed E-state index contributed by atoms with van der Waals surface area (Å²) in [6.07, 6.45) is 6.76. The molecule has 20 heavy (non-hydrogen) atoms. The molecule has 5 nitrogen and oxygen atoms in total. The Morgan fingerprint density at radius 1 is 1.50 bits per heavy atom. The third kappa shape index (κ3) is 5.52. The molecule has 1 aromatic heterocycles. The maximum absolute atomic E-state index is 9.46. The van der Waals surface area contributed by atoms with Gasteiger partial charge in [-0.3, -0.25) is 4.68 Å². The van der Waals surface area contributed by atoms with Gasteiger partial charge < -0.3 is 15.3 Å². The third-order valence-corrected chi connectivity index (χ3v) is 4.17. The number of nitrogens with zero attached hydrogens (tertiary/aromatic N) is 3. The summed E-state index contributed by atoms with van der Waals surface area (Å²) < 4.78 is 2.98. The van der Waals surface area contributed by atoms with Gasteiger partial charge >= 0.3 is 0 Å². The first-order valence-corrected chi connectivity index (χ1v) is 8.24. The first kappa shape index (κ1) is 15.9. The fourth-order valence-corrected chi connectivity index (χ4v) is 2.91. The number of piperidine rings is 1. The molecule has 2 rings (SSSR count). The zero-order valence-electron chi connectivity index (χ0n) is 12.1. The number of rotatable bonds is 7. The van der Waals surface area contributed by atoms with E-state index >= 15 is 0 Å². The van der Waals surface area contributed by atoms with Crippen LogP contribution in [0, 0.1) is 0 Å². The number of aliphatic hydroxyl groups is 1. The van der Waals surface area contributed by atoms with Gasteiger partial charge in [-0.1, -0.05) is 0 Å². The smallest absolute Gasteiger partial charge is 0.0632 e. The van der Waals surface area contributed by atoms with Crippen LogP contribution >= 0.6 is 15.9 Å². The van der Waals surface area contributed by atoms with Crippen LogP contribution in [0.4, 0.5) is 0 Å². The molecule has 2 N–H and O–H groups in total. The quantitative estimate of drug-likeness (QED) is 0.735. The van der Waals surface area contributed by atoms with Crippen LogP contribution in [-0.2, 0) is 6.54 Å². The van der Waals surface area contributed by atoms with Crippen molar-refractivity contribution in [1.82, 2.24) is 20.0 Å². The fraction of sp³-hybridized carbons (Fsp3) is 0.786. The highest BCUT2D eigenvalue weighted by Gasteiger charge is 2.16. The number of halogens is 1. The lowest BCUT2D eigenvalue weighted by molar-refractivity contribution is 0.0820. The molecule has 0 amide bonds. The highest BCUT2D eigenvalue weighted by Crippen LogP contribution is 2.10. The summed E-state index contributed by atoms with van der Waals surface area (Å²) in [4.78, 5) is 2.45. The van der Waals surface area contributed by atoms with Crippen molar-refractivity contribution in [3.05, 3.63) is 16.9 Å². The second kappa shape index (κ2) is 8.12. The van der Waals surface area contributed by atoms with E-state index in [1.807, 2.05) is 17.1 Å². The molecule has 0 aromatic carbocycles. The van der Waals surface area contributed by atoms with E-state index in [-0.39, 0.29) is 6.10 Å². The van der Waals surface area contributed by atoms with E-state index in [2.05, 4.69) is 38.2 Å². The standard InChI is InChI=1S/C14H25BrN4O/c1-12(10-19-11-13(15)9-17-19)16-5-2-6-18-7-3-14(20)4-8-18/h9,11-12,14,16,20H,2-8,10H2,1H3. The molecule has 0 aliphatic carbocycles. The van der Waals surface area contributed by atoms with Crippen molar-refractivity contribution < 1.29 is 5.11 Å². The topological polar surface area (TPSA) is 53.3 Å². The predicted octanol–water partition coefficient (Wildman–Crippen LogP) is 1.47. The molecule has 114 valence electrons. The average Bonchev–Trinajstić information content (AvgIpc) is 2.82. The summed E-state index contributed by atoms with van der Waals surface area (Å²) in [7, 11) is 0. The Kier molecular flexibility index (Phi) is 6.48. The summed E-state index contributed by atoms with van der Waals surface area (Å²) >= 11 is 3.41. The van der Waals surface area contributed by atoms with Gasteiger partial charge in [-0.2, -0.15) is 5.10 Å². The highest BCUT2D eigenvalue weighted by molar-refractivity contribution is 9.10. The van der Waals surface area contributed by atoms with Crippen molar-refractivity contribution in [2.75, 3.05) is 26.2 Å². The Hall–Kier alpha value is -0.430. The Labute approximate surface area is 129 Å². The van der Waals surface area contributed by atoms with Crippen molar-refractivity contribution in [2.45, 2.75) is 44.9 Å². The Bertz CT molecular complexity index is 390. The van der Waals surface area contributed by atoms with Crippen LogP contribution in [0.25, 0.3) is 0 Å². The molecule has 6 heteroatoms. The van der Waals surface area contributed by atoms with Crippen LogP contribution in [0.5, 0.6) is 0 Å². The van der Waals surface area contributed by atoms with Gasteiger partial charge in [-0.15, -0.1) is 0 Å². The van der Waals surface area contributed by atoms with Crippen molar-refractivity contribution >= 4 is 15.9 Å². The van der Waals surface area contributed by atoms with Crippen LogP contribution in [0.2, 0.25) is 0 Å². The molecule has 2 heterocycles. The van der Waals surface area contributed by atoms with Crippen LogP contribution in [0.3, 0.4) is 0 Å². The molecule has 1 atom stereocenters. The summed E-state index contributed by atoms with van der Waals surface area (Å²) in [6.45, 7) is 7.31. The van der Waals surface area contributed by atoms with E-state index < -0.39 is 0 Å². The van der Waals surface area contributed by atoms with E-state index in [4.69, 9.17) is 0 Å². The number of hydrogen-bond donors (Lipinski definition) is 2. The second-order valence-electron chi connectivity index (χ2n) is 5.66. The molecule has 1 saturated heterocycles. The van der Waals surface area contributed by atoms with Gasteiger partial charge in [-0.25, -0.2) is 0 Å². The number of nitrogens with one attached hydrogen (secondary N) is 1. The molecular formula is C14H25BrN4O. The number of aliphatic hydroxyl groups excluding tert-OH is 1. The van der Waals surface area contributed by atoms with Gasteiger partial charge in [0.2, 0.25) is 0 Å². The van der Waals surface area contributed by atoms with Crippen molar-refractivity contribution in [3.63, 3.8) is 0 Å². The molecule has 0 spiro atoms. The minimum atomic E-state index is -0.0715. The summed E-state index contributed by atoms with van der Waals surface area (Å²) in [5.41, 5.74) is 0. The van der Waals surface area contributed by atoms with E-state index in [0.29, 0.717) is 6.04 Å². The van der Waals surface area contributed by atoms with E-state index in [9.17, 15) is 5.11 Å². The predicted molar refractivity (Wildman–Crippen MR) is 83.7 cm³/mol. The highest BCUT2D eigenvalue weighted by atomic mass is 79.9. The van der Waals surface area contributed by atoms with Crippen LogP contribution in [-0.4, -0.2) is 58.1 Å². The first-order chi connectivity index (χ1) is 9.63. The lowest BCUT2D eigenvalue weighted by Crippen LogP contribution is -2.38. The molecule has 1 fully saturated rings. The van der Waals surface area contributed by atoms with Gasteiger partial charge in [0.15, 0.2) is 0 Å². The first-order valence-electron chi connectivity index (χ1n) is 7.45. The molecule has 1 aliphatic heterocycles. The van der Waals surface area contributed by atoms with Crippen LogP contribution < -0.4 is 5.32 Å². The molecule has 1 aliphatic rings. The van der Waals surface area contributed by atoms with Gasteiger partial charge in [0.1, 0.15) is 0 Å². The maximum atomic E-state index is 9.46. The molecule has 0 radical (unpaired) electrons. The SMILES string of the molecule is CC(Cn1cc(Br)cn1)NCCCN1CCC(O)CC1. The summed E-state index contributed by atoms with van der Waals surface area (Å²) in [6, 6.07) is 0.421. The largest absolute Gasteiger partial charge is 0.393 e. The van der Waals surface area contributed by atoms with Gasteiger partial charge in [-0.05, 0) is 55.2 Å². The molecule has 0 saturated carbocycles. The zero-order chi connectivity index (χ0) is 14.4. The number of likely N-dealkylation sites (tertiary alicyclic amines) is 1. The van der Waals surface area contributed by atoms with Gasteiger partial charge in [0.05, 0.1) is 23.3 Å². The van der Waals surface area contributed by atoms with Crippen molar-refractivity contribution in [3.8, 4) is 0 Å². The van der Waals surface area contributed by atoms with E-state index in [1.165, 1.54) is 0 Å². The Balaban J connectivity index is 1.54. The summed E-state index contributed by atoms with van der Waals surface area (Å²) in [5.74, 6) is 0. The molecule has 1 aromatic rings. The Morgan fingerprint density at radius 3 is 2.90 bits per heavy atom. The number of aromatic nitrogens is 2. The van der Waals surface area contributed by atoms with E-state index in [0.717, 1.165) is 56.5 Å². The van der Waals surface area contributed by atoms with Crippen LogP contribution in [0.15, 0.2) is 16.9 Å². The minimum Gasteiger partial charge on any atom is -0.393 e. The van der Waals surface area contributed by atoms with Crippen LogP contribution in [0.1, 0.15) is 26.2 Å². The zero-order valence-corrected chi connectivity index (χ0v) is 13.7. The maximum Gasteiger partial charge on any atom is 0.0632 e. The summed E-state index contributed by atoms with van der Waals surface area (Å²) in [5, 5.41) is 17.3. The molecule has 0 bridgehead atoms. The van der Waals surface area contributed by atoms with Gasteiger partial charge in [0, 0.05) is 25.3 Å². The fourth-order valence-electron chi connectivity index (χ4n) is 2.58. The normalized spacial score (nSPS) is 19.4. The number of hydrogen-bond acceptors (Lipinski definition) is 4. The second-order valence-corrected chi connectivity index (χ2v) is 6.58. The monoisotopic (exact) mass is 344 g/mol. The lowest BCUT2D eigenvalue weighted by Gasteiger charge is -2.29. The van der Waals surface area contributed by atoms with Crippen molar-refractivity contribution in [2.24, 2.45) is 0 Å². The minimum absolute atomic E-state index is 0.0715. The van der Waals surface area contributed by atoms with E-state index in [1.54, 1.807) is 0 Å².